The largest absolute Gasteiger partial charge is 0.347 e. The molecule has 130 valence electrons. The van der Waals surface area contributed by atoms with Crippen molar-refractivity contribution in [3.63, 3.8) is 0 Å². The third kappa shape index (κ3) is 4.10. The number of carbonyl (C=O) groups excluding carboxylic acids is 1. The summed E-state index contributed by atoms with van der Waals surface area (Å²) in [5.74, 6) is -0.435. The number of aromatic nitrogens is 3. The van der Waals surface area contributed by atoms with E-state index in [2.05, 4.69) is 29.5 Å². The van der Waals surface area contributed by atoms with Crippen LogP contribution < -0.4 is 11.1 Å². The van der Waals surface area contributed by atoms with Crippen molar-refractivity contribution in [1.29, 1.82) is 0 Å². The van der Waals surface area contributed by atoms with Crippen LogP contribution in [0.4, 0.5) is 4.39 Å². The molecule has 0 radical (unpaired) electrons. The molecular weight excluding hydrogens is 333 g/mol. The molecule has 1 amide bonds. The summed E-state index contributed by atoms with van der Waals surface area (Å²) in [6.45, 7) is 6.19. The van der Waals surface area contributed by atoms with Crippen molar-refractivity contribution in [2.45, 2.75) is 33.2 Å². The topological polar surface area (TPSA) is 85.8 Å². The van der Waals surface area contributed by atoms with Crippen LogP contribution in [-0.2, 0) is 0 Å². The third-order valence-corrected chi connectivity index (χ3v) is 3.92. The Morgan fingerprint density at radius 2 is 2.17 bits per heavy atom. The number of rotatable bonds is 6. The maximum absolute atomic E-state index is 13.3. The minimum absolute atomic E-state index is 0.0199. The van der Waals surface area contributed by atoms with E-state index in [1.54, 1.807) is 6.92 Å². The number of hydrogen-bond acceptors (Lipinski definition) is 4. The van der Waals surface area contributed by atoms with Gasteiger partial charge in [-0.2, -0.15) is 0 Å². The van der Waals surface area contributed by atoms with E-state index >= 15 is 0 Å². The molecule has 1 heterocycles. The normalized spacial score (nSPS) is 12.5. The summed E-state index contributed by atoms with van der Waals surface area (Å²) in [5, 5.41) is 10.8. The van der Waals surface area contributed by atoms with Gasteiger partial charge in [0.05, 0.1) is 16.4 Å². The Labute approximate surface area is 145 Å². The minimum atomic E-state index is -0.518. The van der Waals surface area contributed by atoms with Gasteiger partial charge in [-0.3, -0.25) is 4.79 Å². The maximum Gasteiger partial charge on any atom is 0.274 e. The lowest BCUT2D eigenvalue weighted by Gasteiger charge is -2.18. The second kappa shape index (κ2) is 7.72. The van der Waals surface area contributed by atoms with Crippen LogP contribution in [0.2, 0.25) is 5.02 Å². The lowest BCUT2D eigenvalue weighted by molar-refractivity contribution is 0.0928. The average Bonchev–Trinajstić information content (AvgIpc) is 2.90. The number of nitrogens with zero attached hydrogens (tertiary/aromatic N) is 3. The number of benzene rings is 1. The number of nitrogens with two attached hydrogens (primary N) is 1. The summed E-state index contributed by atoms with van der Waals surface area (Å²) in [6.07, 6.45) is 0.781. The highest BCUT2D eigenvalue weighted by Gasteiger charge is 2.20. The van der Waals surface area contributed by atoms with Crippen LogP contribution in [-0.4, -0.2) is 33.5 Å². The predicted octanol–water partition coefficient (Wildman–Crippen LogP) is 2.47. The standard InChI is InChI=1S/C16H21ClFN5O/c1-9(2)6-11(8-19)20-16(24)15-10(3)23(22-21-15)12-4-5-14(18)13(17)7-12/h4-5,7,9,11H,6,8,19H2,1-3H3,(H,20,24). The molecule has 0 saturated carbocycles. The van der Waals surface area contributed by atoms with Crippen LogP contribution in [0.15, 0.2) is 18.2 Å². The second-order valence-corrected chi connectivity index (χ2v) is 6.48. The molecule has 0 bridgehead atoms. The Hall–Kier alpha value is -1.99. The van der Waals surface area contributed by atoms with Crippen molar-refractivity contribution in [3.8, 4) is 5.69 Å². The fraction of sp³-hybridized carbons (Fsp3) is 0.438. The van der Waals surface area contributed by atoms with Crippen LogP contribution in [0.3, 0.4) is 0 Å². The Morgan fingerprint density at radius 1 is 1.46 bits per heavy atom. The van der Waals surface area contributed by atoms with Crippen LogP contribution in [0.1, 0.15) is 36.5 Å². The molecule has 8 heteroatoms. The summed E-state index contributed by atoms with van der Waals surface area (Å²) >= 11 is 5.79. The summed E-state index contributed by atoms with van der Waals surface area (Å²) in [4.78, 5) is 12.4. The van der Waals surface area contributed by atoms with E-state index in [0.29, 0.717) is 23.8 Å². The molecule has 3 N–H and O–H groups in total. The lowest BCUT2D eigenvalue weighted by atomic mass is 10.0. The molecular formula is C16H21ClFN5O. The molecule has 0 aliphatic carbocycles. The van der Waals surface area contributed by atoms with Gasteiger partial charge in [-0.25, -0.2) is 9.07 Å². The first-order chi connectivity index (χ1) is 11.3. The van der Waals surface area contributed by atoms with Crippen molar-refractivity contribution in [1.82, 2.24) is 20.3 Å². The van der Waals surface area contributed by atoms with Gasteiger partial charge in [-0.15, -0.1) is 5.10 Å². The summed E-state index contributed by atoms with van der Waals surface area (Å²) in [6, 6.07) is 4.07. The fourth-order valence-corrected chi connectivity index (χ4v) is 2.61. The van der Waals surface area contributed by atoms with Crippen molar-refractivity contribution in [2.75, 3.05) is 6.54 Å². The first-order valence-electron chi connectivity index (χ1n) is 7.72. The summed E-state index contributed by atoms with van der Waals surface area (Å²) < 4.78 is 14.7. The smallest absolute Gasteiger partial charge is 0.274 e. The summed E-state index contributed by atoms with van der Waals surface area (Å²) in [5.41, 5.74) is 6.98. The first kappa shape index (κ1) is 18.4. The summed E-state index contributed by atoms with van der Waals surface area (Å²) in [7, 11) is 0. The second-order valence-electron chi connectivity index (χ2n) is 6.07. The van der Waals surface area contributed by atoms with Crippen LogP contribution in [0.25, 0.3) is 5.69 Å². The fourth-order valence-electron chi connectivity index (χ4n) is 2.44. The highest BCUT2D eigenvalue weighted by atomic mass is 35.5. The molecule has 24 heavy (non-hydrogen) atoms. The van der Waals surface area contributed by atoms with Gasteiger partial charge in [0, 0.05) is 12.6 Å². The number of carbonyl (C=O) groups is 1. The molecule has 2 aromatic rings. The van der Waals surface area contributed by atoms with Crippen molar-refractivity contribution in [3.05, 3.63) is 40.4 Å². The van der Waals surface area contributed by atoms with E-state index < -0.39 is 5.82 Å². The lowest BCUT2D eigenvalue weighted by Crippen LogP contribution is -2.41. The van der Waals surface area contributed by atoms with Gasteiger partial charge in [0.25, 0.3) is 5.91 Å². The monoisotopic (exact) mass is 353 g/mol. The zero-order valence-corrected chi connectivity index (χ0v) is 14.6. The predicted molar refractivity (Wildman–Crippen MR) is 90.8 cm³/mol. The molecule has 1 aromatic carbocycles. The van der Waals surface area contributed by atoms with Crippen LogP contribution in [0, 0.1) is 18.7 Å². The van der Waals surface area contributed by atoms with Crippen molar-refractivity contribution < 1.29 is 9.18 Å². The zero-order valence-electron chi connectivity index (χ0n) is 13.9. The van der Waals surface area contributed by atoms with E-state index in [0.717, 1.165) is 6.42 Å². The van der Waals surface area contributed by atoms with E-state index in [1.165, 1.54) is 22.9 Å². The van der Waals surface area contributed by atoms with Gasteiger partial charge >= 0.3 is 0 Å². The molecule has 0 saturated heterocycles. The molecule has 0 aliphatic rings. The molecule has 1 aromatic heterocycles. The molecule has 6 nitrogen and oxygen atoms in total. The third-order valence-electron chi connectivity index (χ3n) is 3.63. The van der Waals surface area contributed by atoms with Gasteiger partial charge in [-0.1, -0.05) is 30.7 Å². The molecule has 2 rings (SSSR count). The van der Waals surface area contributed by atoms with E-state index in [9.17, 15) is 9.18 Å². The van der Waals surface area contributed by atoms with E-state index in [1.807, 2.05) is 0 Å². The Bertz CT molecular complexity index is 731. The zero-order chi connectivity index (χ0) is 17.9. The van der Waals surface area contributed by atoms with Crippen molar-refractivity contribution in [2.24, 2.45) is 11.7 Å². The minimum Gasteiger partial charge on any atom is -0.347 e. The number of amides is 1. The van der Waals surface area contributed by atoms with E-state index in [4.69, 9.17) is 17.3 Å². The molecule has 0 fully saturated rings. The van der Waals surface area contributed by atoms with Crippen LogP contribution in [0.5, 0.6) is 0 Å². The Balaban J connectivity index is 2.22. The Morgan fingerprint density at radius 3 is 2.75 bits per heavy atom. The van der Waals surface area contributed by atoms with Gasteiger partial charge in [0.15, 0.2) is 5.69 Å². The van der Waals surface area contributed by atoms with E-state index in [-0.39, 0.29) is 22.7 Å². The SMILES string of the molecule is Cc1c(C(=O)NC(CN)CC(C)C)nnn1-c1ccc(F)c(Cl)c1. The van der Waals surface area contributed by atoms with Gasteiger partial charge in [0.2, 0.25) is 0 Å². The molecule has 0 spiro atoms. The van der Waals surface area contributed by atoms with Crippen molar-refractivity contribution >= 4 is 17.5 Å². The highest BCUT2D eigenvalue weighted by Crippen LogP contribution is 2.20. The first-order valence-corrected chi connectivity index (χ1v) is 8.10. The Kier molecular flexibility index (Phi) is 5.90. The van der Waals surface area contributed by atoms with Gasteiger partial charge in [-0.05, 0) is 37.5 Å². The number of nitrogens with one attached hydrogen (secondary N) is 1. The van der Waals surface area contributed by atoms with Gasteiger partial charge in [0.1, 0.15) is 5.82 Å². The maximum atomic E-state index is 13.3. The quantitative estimate of drug-likeness (QED) is 0.835. The molecule has 0 aliphatic heterocycles. The molecule has 1 atom stereocenters. The highest BCUT2D eigenvalue weighted by molar-refractivity contribution is 6.30. The van der Waals surface area contributed by atoms with Crippen LogP contribution >= 0.6 is 11.6 Å². The number of halogens is 2. The molecule has 1 unspecified atom stereocenters. The number of hydrogen-bond donors (Lipinski definition) is 2. The average molecular weight is 354 g/mol. The van der Waals surface area contributed by atoms with Gasteiger partial charge < -0.3 is 11.1 Å².